The lowest BCUT2D eigenvalue weighted by molar-refractivity contribution is -0.660. The van der Waals surface area contributed by atoms with Gasteiger partial charge in [-0.1, -0.05) is 36.3 Å². The Balaban J connectivity index is 2.40. The predicted octanol–water partition coefficient (Wildman–Crippen LogP) is 4.77. The van der Waals surface area contributed by atoms with E-state index in [1.807, 2.05) is 0 Å². The van der Waals surface area contributed by atoms with Crippen molar-refractivity contribution in [2.45, 2.75) is 20.6 Å². The van der Waals surface area contributed by atoms with E-state index in [-0.39, 0.29) is 22.3 Å². The molecule has 1 nitrogen and oxygen atoms in total. The lowest BCUT2D eigenvalue weighted by Gasteiger charge is -2.12. The maximum atomic E-state index is 8.32. The summed E-state index contributed by atoms with van der Waals surface area (Å²) in [5.74, 6) is 0. The van der Waals surface area contributed by atoms with E-state index in [0.29, 0.717) is 16.8 Å². The van der Waals surface area contributed by atoms with E-state index in [9.17, 15) is 0 Å². The van der Waals surface area contributed by atoms with E-state index in [1.54, 1.807) is 24.6 Å². The molecule has 3 aromatic rings. The molecule has 1 aromatic heterocycles. The first-order valence-corrected chi connectivity index (χ1v) is 6.78. The van der Waals surface area contributed by atoms with Crippen LogP contribution in [0.3, 0.4) is 0 Å². The first kappa shape index (κ1) is 6.37. The molecule has 3 rings (SSSR count). The Hall–Kier alpha value is -2.41. The molecule has 0 N–H and O–H groups in total. The number of hydrogen-bond donors (Lipinski definition) is 0. The van der Waals surface area contributed by atoms with Crippen LogP contribution in [-0.2, 0) is 7.05 Å². The molecule has 0 fully saturated rings. The van der Waals surface area contributed by atoms with Crippen LogP contribution in [0.5, 0.6) is 0 Å². The molecule has 0 amide bonds. The van der Waals surface area contributed by atoms with Gasteiger partial charge in [0.1, 0.15) is 7.05 Å². The molecule has 0 spiro atoms. The molecule has 0 atom stereocenters. The van der Waals surface area contributed by atoms with Gasteiger partial charge in [0.25, 0.3) is 0 Å². The highest BCUT2D eigenvalue weighted by Crippen LogP contribution is 2.30. The largest absolute Gasteiger partial charge is 0.212 e. The molecule has 2 aromatic carbocycles. The Morgan fingerprint density at radius 1 is 0.955 bits per heavy atom. The van der Waals surface area contributed by atoms with Gasteiger partial charge in [-0.3, -0.25) is 0 Å². The van der Waals surface area contributed by atoms with E-state index in [2.05, 4.69) is 0 Å². The molecule has 0 unspecified atom stereocenters. The summed E-state index contributed by atoms with van der Waals surface area (Å²) in [6, 6.07) is 3.31. The standard InChI is InChI=1S/C21H22N/c1-15-10-11-21(22(4)14-15)20-13-19(16(2)12-17(20)3)18-8-6-5-7-9-18/h5-14H,1-4H3/q+1/i1D3,2D3,5D,6D,7D,8D,9D. The van der Waals surface area contributed by atoms with Crippen molar-refractivity contribution < 1.29 is 19.6 Å². The van der Waals surface area contributed by atoms with Gasteiger partial charge < -0.3 is 0 Å². The highest BCUT2D eigenvalue weighted by molar-refractivity contribution is 5.75. The number of aromatic nitrogens is 1. The Kier molecular flexibility index (Phi) is 1.67. The molecule has 0 bridgehead atoms. The fourth-order valence-corrected chi connectivity index (χ4v) is 2.46. The van der Waals surface area contributed by atoms with Gasteiger partial charge in [0.2, 0.25) is 5.69 Å². The lowest BCUT2D eigenvalue weighted by atomic mass is 9.93. The summed E-state index contributed by atoms with van der Waals surface area (Å²) >= 11 is 0. The van der Waals surface area contributed by atoms with Crippen molar-refractivity contribution in [2.24, 2.45) is 7.05 Å². The molecule has 0 aliphatic carbocycles. The molecule has 1 heteroatoms. The molecule has 0 aliphatic heterocycles. The normalized spacial score (nSPS) is 19.1. The minimum atomic E-state index is -2.60. The summed E-state index contributed by atoms with van der Waals surface area (Å²) < 4.78 is 88.8. The van der Waals surface area contributed by atoms with E-state index in [1.165, 1.54) is 24.4 Å². The van der Waals surface area contributed by atoms with Crippen LogP contribution in [-0.4, -0.2) is 0 Å². The average Bonchev–Trinajstić information content (AvgIpc) is 2.70. The van der Waals surface area contributed by atoms with Crippen molar-refractivity contribution >= 4 is 0 Å². The van der Waals surface area contributed by atoms with Gasteiger partial charge in [-0.05, 0) is 55.0 Å². The Labute approximate surface area is 148 Å². The van der Waals surface area contributed by atoms with Crippen LogP contribution >= 0.6 is 0 Å². The van der Waals surface area contributed by atoms with E-state index in [4.69, 9.17) is 15.1 Å². The zero-order valence-electron chi connectivity index (χ0n) is 23.3. The predicted molar refractivity (Wildman–Crippen MR) is 92.7 cm³/mol. The minimum absolute atomic E-state index is 0.00694. The molecule has 0 radical (unpaired) electrons. The van der Waals surface area contributed by atoms with Crippen molar-refractivity contribution in [3.8, 4) is 22.4 Å². The van der Waals surface area contributed by atoms with Crippen LogP contribution in [0.4, 0.5) is 0 Å². The number of pyridine rings is 1. The summed E-state index contributed by atoms with van der Waals surface area (Å²) in [4.78, 5) is 0. The van der Waals surface area contributed by atoms with Gasteiger partial charge in [-0.25, -0.2) is 4.57 Å². The molecule has 22 heavy (non-hydrogen) atoms. The van der Waals surface area contributed by atoms with Gasteiger partial charge in [-0.15, -0.1) is 0 Å². The zero-order valence-corrected chi connectivity index (χ0v) is 12.3. The molecule has 1 heterocycles. The van der Waals surface area contributed by atoms with Crippen LogP contribution in [0.1, 0.15) is 31.8 Å². The minimum Gasteiger partial charge on any atom is -0.201 e. The van der Waals surface area contributed by atoms with Crippen LogP contribution < -0.4 is 4.57 Å². The van der Waals surface area contributed by atoms with Gasteiger partial charge in [-0.2, -0.15) is 0 Å². The maximum absolute atomic E-state index is 8.32. The topological polar surface area (TPSA) is 3.88 Å². The smallest absolute Gasteiger partial charge is 0.201 e. The van der Waals surface area contributed by atoms with Crippen LogP contribution in [0.15, 0.2) is 60.7 Å². The Morgan fingerprint density at radius 2 is 1.77 bits per heavy atom. The molecule has 110 valence electrons. The average molecular weight is 299 g/mol. The molecular formula is C21H22N+. The third kappa shape index (κ3) is 2.67. The van der Waals surface area contributed by atoms with Crippen LogP contribution in [0.25, 0.3) is 22.4 Å². The summed E-state index contributed by atoms with van der Waals surface area (Å²) in [5, 5.41) is 0. The number of hydrogen-bond acceptors (Lipinski definition) is 0. The van der Waals surface area contributed by atoms with Crippen molar-refractivity contribution in [3.63, 3.8) is 0 Å². The van der Waals surface area contributed by atoms with Crippen molar-refractivity contribution in [2.75, 3.05) is 0 Å². The van der Waals surface area contributed by atoms with Gasteiger partial charge in [0.15, 0.2) is 6.20 Å². The second kappa shape index (κ2) is 5.76. The summed E-state index contributed by atoms with van der Waals surface area (Å²) in [7, 11) is 1.66. The SMILES string of the molecule is [2H]c1c([2H])c([2H])c(-c2cc(-c3ccc(C([2H])([2H])[2H])c[n+]3C)c(C)cc2C([2H])([2H])[2H])c([2H])c1[2H]. The Morgan fingerprint density at radius 3 is 2.45 bits per heavy atom. The number of benzene rings is 2. The van der Waals surface area contributed by atoms with E-state index < -0.39 is 43.9 Å². The second-order valence-corrected chi connectivity index (χ2v) is 5.13. The fourth-order valence-electron chi connectivity index (χ4n) is 2.46. The monoisotopic (exact) mass is 299 g/mol. The third-order valence-corrected chi connectivity index (χ3v) is 3.54. The maximum Gasteiger partial charge on any atom is 0.212 e. The first-order valence-electron chi connectivity index (χ1n) is 12.3. The summed E-state index contributed by atoms with van der Waals surface area (Å²) in [5.41, 5.74) is 1.51. The summed E-state index contributed by atoms with van der Waals surface area (Å²) in [6.07, 6.45) is 1.46. The van der Waals surface area contributed by atoms with Crippen LogP contribution in [0, 0.1) is 20.6 Å². The van der Waals surface area contributed by atoms with Crippen molar-refractivity contribution in [1.82, 2.24) is 0 Å². The van der Waals surface area contributed by atoms with E-state index in [0.717, 1.165) is 0 Å². The fraction of sp³-hybridized carbons (Fsp3) is 0.190. The third-order valence-electron chi connectivity index (χ3n) is 3.54. The number of rotatable bonds is 2. The zero-order chi connectivity index (χ0) is 25.0. The number of aryl methyl sites for hydroxylation is 4. The molecule has 0 aliphatic rings. The highest BCUT2D eigenvalue weighted by Gasteiger charge is 2.15. The van der Waals surface area contributed by atoms with Crippen molar-refractivity contribution in [3.05, 3.63) is 77.4 Å². The van der Waals surface area contributed by atoms with Crippen molar-refractivity contribution in [1.29, 1.82) is 0 Å². The first-order chi connectivity index (χ1) is 15.1. The second-order valence-electron chi connectivity index (χ2n) is 5.13. The van der Waals surface area contributed by atoms with Gasteiger partial charge in [0, 0.05) is 25.4 Å². The van der Waals surface area contributed by atoms with E-state index >= 15 is 0 Å². The van der Waals surface area contributed by atoms with Gasteiger partial charge >= 0.3 is 0 Å². The molecular weight excluding hydrogens is 266 g/mol. The molecule has 0 saturated heterocycles. The van der Waals surface area contributed by atoms with Crippen LogP contribution in [0.2, 0.25) is 0 Å². The number of nitrogens with zero attached hydrogens (tertiary/aromatic N) is 1. The quantitative estimate of drug-likeness (QED) is 0.600. The summed E-state index contributed by atoms with van der Waals surface area (Å²) in [6.45, 7) is -3.20. The van der Waals surface area contributed by atoms with Gasteiger partial charge in [0.05, 0.1) is 6.85 Å². The molecule has 0 saturated carbocycles. The highest BCUT2D eigenvalue weighted by atomic mass is 14.9. The Bertz CT molecular complexity index is 1230. The lowest BCUT2D eigenvalue weighted by Crippen LogP contribution is -2.31.